The number of carbonyl (C=O) groups is 2. The number of nitrogens with zero attached hydrogens (tertiary/aromatic N) is 5. The fourth-order valence-corrected chi connectivity index (χ4v) is 4.26. The molecule has 4 rings (SSSR count). The van der Waals surface area contributed by atoms with Gasteiger partial charge in [-0.05, 0) is 56.7 Å². The Hall–Kier alpha value is -4.65. The summed E-state index contributed by atoms with van der Waals surface area (Å²) in [6, 6.07) is 11.6. The second-order valence-corrected chi connectivity index (χ2v) is 8.21. The number of pyridine rings is 1. The van der Waals surface area contributed by atoms with Crippen molar-refractivity contribution in [2.75, 3.05) is 17.7 Å². The van der Waals surface area contributed by atoms with E-state index in [0.717, 1.165) is 25.8 Å². The van der Waals surface area contributed by atoms with Gasteiger partial charge in [-0.2, -0.15) is 5.26 Å². The number of rotatable bonds is 6. The predicted octanol–water partition coefficient (Wildman–Crippen LogP) is 2.94. The monoisotopic (exact) mass is 470 g/mol. The van der Waals surface area contributed by atoms with Crippen LogP contribution in [0, 0.1) is 11.3 Å². The van der Waals surface area contributed by atoms with Crippen LogP contribution in [0.5, 0.6) is 0 Å². The van der Waals surface area contributed by atoms with Crippen LogP contribution in [0.1, 0.15) is 64.5 Å². The Kier molecular flexibility index (Phi) is 6.78. The van der Waals surface area contributed by atoms with Gasteiger partial charge >= 0.3 is 0 Å². The Morgan fingerprint density at radius 2 is 2.00 bits per heavy atom. The van der Waals surface area contributed by atoms with Gasteiger partial charge in [-0.3, -0.25) is 9.59 Å². The number of likely N-dealkylation sites (tertiary alicyclic amines) is 1. The molecule has 1 saturated heterocycles. The highest BCUT2D eigenvalue weighted by Gasteiger charge is 2.30. The average molecular weight is 471 g/mol. The summed E-state index contributed by atoms with van der Waals surface area (Å²) in [4.78, 5) is 35.9. The van der Waals surface area contributed by atoms with Crippen molar-refractivity contribution in [2.24, 2.45) is 5.73 Å². The molecule has 0 radical (unpaired) electrons. The molecule has 0 spiro atoms. The number of imidazole rings is 1. The van der Waals surface area contributed by atoms with E-state index in [9.17, 15) is 9.59 Å². The van der Waals surface area contributed by atoms with Crippen LogP contribution in [-0.4, -0.2) is 37.9 Å². The maximum absolute atomic E-state index is 12.6. The minimum Gasteiger partial charge on any atom is -0.368 e. The molecule has 3 heterocycles. The number of nitrogens with two attached hydrogens (primary N) is 2. The summed E-state index contributed by atoms with van der Waals surface area (Å²) in [6.07, 6.45) is 8.39. The molecule has 35 heavy (non-hydrogen) atoms. The van der Waals surface area contributed by atoms with E-state index in [0.29, 0.717) is 28.2 Å². The van der Waals surface area contributed by atoms with Gasteiger partial charge in [-0.15, -0.1) is 0 Å². The van der Waals surface area contributed by atoms with Crippen LogP contribution in [0.25, 0.3) is 11.3 Å². The minimum absolute atomic E-state index is 0.0708. The number of nitrogens with one attached hydrogen (secondary N) is 1. The number of allylic oxidation sites excluding steroid dienone is 1. The Labute approximate surface area is 202 Å². The van der Waals surface area contributed by atoms with Crippen molar-refractivity contribution in [3.8, 4) is 17.3 Å². The normalized spacial score (nSPS) is 15.7. The van der Waals surface area contributed by atoms with E-state index < -0.39 is 5.91 Å². The molecule has 1 fully saturated rings. The molecule has 10 nitrogen and oxygen atoms in total. The van der Waals surface area contributed by atoms with Crippen molar-refractivity contribution >= 4 is 17.6 Å². The first kappa shape index (κ1) is 23.5. The van der Waals surface area contributed by atoms with Gasteiger partial charge in [0, 0.05) is 23.9 Å². The van der Waals surface area contributed by atoms with Crippen molar-refractivity contribution in [3.05, 3.63) is 77.5 Å². The van der Waals surface area contributed by atoms with E-state index in [1.807, 2.05) is 25.3 Å². The Bertz CT molecular complexity index is 1320. The van der Waals surface area contributed by atoms with Gasteiger partial charge in [0.2, 0.25) is 0 Å². The highest BCUT2D eigenvalue weighted by atomic mass is 16.2. The minimum atomic E-state index is -0.681. The number of aromatic nitrogens is 3. The van der Waals surface area contributed by atoms with Crippen LogP contribution >= 0.6 is 0 Å². The Morgan fingerprint density at radius 3 is 2.69 bits per heavy atom. The van der Waals surface area contributed by atoms with E-state index in [-0.39, 0.29) is 23.5 Å². The molecule has 2 aromatic heterocycles. The van der Waals surface area contributed by atoms with Gasteiger partial charge in [0.15, 0.2) is 11.5 Å². The maximum Gasteiger partial charge on any atom is 0.269 e. The number of nitrogen functional groups attached to an aromatic ring is 1. The molecule has 0 unspecified atom stereocenters. The molecule has 0 bridgehead atoms. The standard InChI is InChI=1S/C25H26N8O2/c1-2-12-32-13-4-3-5-19(32)24-31-21(22(23(27)34)33(24)28)17-6-8-18(9-7-17)25(35)30-20-14-16(15-26)10-11-29-20/h2,6-12,14,19H,3-5,13,28H2,1H3,(H2,27,34)(H,29,30,35)/t19-/m0/s1. The summed E-state index contributed by atoms with van der Waals surface area (Å²) in [7, 11) is 0. The predicted molar refractivity (Wildman–Crippen MR) is 131 cm³/mol. The number of nitriles is 1. The lowest BCUT2D eigenvalue weighted by molar-refractivity contribution is 0.0990. The maximum atomic E-state index is 12.6. The molecule has 0 aliphatic carbocycles. The van der Waals surface area contributed by atoms with E-state index in [1.165, 1.54) is 16.9 Å². The third-order valence-corrected chi connectivity index (χ3v) is 5.91. The first-order valence-corrected chi connectivity index (χ1v) is 11.3. The first-order valence-electron chi connectivity index (χ1n) is 11.3. The van der Waals surface area contributed by atoms with Crippen LogP contribution in [-0.2, 0) is 0 Å². The van der Waals surface area contributed by atoms with E-state index in [2.05, 4.69) is 15.2 Å². The molecular weight excluding hydrogens is 444 g/mol. The quantitative estimate of drug-likeness (QED) is 0.468. The highest BCUT2D eigenvalue weighted by Crippen LogP contribution is 2.33. The van der Waals surface area contributed by atoms with Crippen molar-refractivity contribution in [1.29, 1.82) is 5.26 Å². The molecule has 1 aromatic carbocycles. The number of carbonyl (C=O) groups excluding carboxylic acids is 2. The summed E-state index contributed by atoms with van der Waals surface area (Å²) in [6.45, 7) is 2.83. The average Bonchev–Trinajstić information content (AvgIpc) is 3.22. The lowest BCUT2D eigenvalue weighted by atomic mass is 10.0. The SMILES string of the molecule is CC=CN1CCCC[C@H]1c1nc(-c2ccc(C(=O)Nc3cc(C#N)ccn3)cc2)c(C(N)=O)n1N. The molecule has 1 atom stereocenters. The van der Waals surface area contributed by atoms with Gasteiger partial charge in [-0.25, -0.2) is 14.6 Å². The summed E-state index contributed by atoms with van der Waals surface area (Å²) in [5.41, 5.74) is 7.53. The number of anilines is 1. The summed E-state index contributed by atoms with van der Waals surface area (Å²) >= 11 is 0. The van der Waals surface area contributed by atoms with Crippen LogP contribution in [0.2, 0.25) is 0 Å². The third kappa shape index (κ3) is 4.84. The van der Waals surface area contributed by atoms with Crippen LogP contribution < -0.4 is 16.9 Å². The van der Waals surface area contributed by atoms with Crippen molar-refractivity contribution < 1.29 is 9.59 Å². The second kappa shape index (κ2) is 10.1. The molecular formula is C25H26N8O2. The Balaban J connectivity index is 1.63. The molecule has 5 N–H and O–H groups in total. The van der Waals surface area contributed by atoms with Crippen LogP contribution in [0.4, 0.5) is 5.82 Å². The van der Waals surface area contributed by atoms with Crippen LogP contribution in [0.3, 0.4) is 0 Å². The van der Waals surface area contributed by atoms with Gasteiger partial charge in [-0.1, -0.05) is 18.2 Å². The fourth-order valence-electron chi connectivity index (χ4n) is 4.26. The Morgan fingerprint density at radius 1 is 1.23 bits per heavy atom. The largest absolute Gasteiger partial charge is 0.368 e. The van der Waals surface area contributed by atoms with Crippen molar-refractivity contribution in [1.82, 2.24) is 19.5 Å². The number of amides is 2. The number of primary amides is 1. The fraction of sp³-hybridized carbons (Fsp3) is 0.240. The van der Waals surface area contributed by atoms with Crippen molar-refractivity contribution in [3.63, 3.8) is 0 Å². The van der Waals surface area contributed by atoms with Crippen molar-refractivity contribution in [2.45, 2.75) is 32.2 Å². The molecule has 1 aliphatic heterocycles. The van der Waals surface area contributed by atoms with Gasteiger partial charge < -0.3 is 21.8 Å². The lowest BCUT2D eigenvalue weighted by Crippen LogP contribution is -2.33. The van der Waals surface area contributed by atoms with E-state index in [4.69, 9.17) is 21.8 Å². The highest BCUT2D eigenvalue weighted by molar-refractivity contribution is 6.04. The molecule has 3 aromatic rings. The van der Waals surface area contributed by atoms with Crippen LogP contribution in [0.15, 0.2) is 54.9 Å². The van der Waals surface area contributed by atoms with Gasteiger partial charge in [0.1, 0.15) is 11.5 Å². The molecule has 2 amide bonds. The topological polar surface area (TPSA) is 156 Å². The summed E-state index contributed by atoms with van der Waals surface area (Å²) < 4.78 is 1.29. The van der Waals surface area contributed by atoms with E-state index in [1.54, 1.807) is 30.3 Å². The summed E-state index contributed by atoms with van der Waals surface area (Å²) in [5.74, 6) is 6.10. The zero-order valence-corrected chi connectivity index (χ0v) is 19.3. The number of piperidine rings is 1. The van der Waals surface area contributed by atoms with Gasteiger partial charge in [0.25, 0.3) is 11.8 Å². The van der Waals surface area contributed by atoms with E-state index >= 15 is 0 Å². The molecule has 0 saturated carbocycles. The first-order chi connectivity index (χ1) is 16.9. The smallest absolute Gasteiger partial charge is 0.269 e. The third-order valence-electron chi connectivity index (χ3n) is 5.91. The lowest BCUT2D eigenvalue weighted by Gasteiger charge is -2.34. The molecule has 10 heteroatoms. The molecule has 178 valence electrons. The number of hydrogen-bond acceptors (Lipinski definition) is 7. The summed E-state index contributed by atoms with van der Waals surface area (Å²) in [5, 5.41) is 11.7. The number of hydrogen-bond donors (Lipinski definition) is 3. The second-order valence-electron chi connectivity index (χ2n) is 8.21. The zero-order chi connectivity index (χ0) is 24.9. The number of benzene rings is 1. The van der Waals surface area contributed by atoms with Gasteiger partial charge in [0.05, 0.1) is 17.7 Å². The zero-order valence-electron chi connectivity index (χ0n) is 19.3. The molecule has 1 aliphatic rings.